The van der Waals surface area contributed by atoms with Crippen molar-refractivity contribution in [1.29, 1.82) is 0 Å². The molecule has 14 nitrogen and oxygen atoms in total. The van der Waals surface area contributed by atoms with Gasteiger partial charge in [-0.25, -0.2) is 13.2 Å². The minimum absolute atomic E-state index is 0.00344. The number of carbonyl (C=O) groups is 1. The van der Waals surface area contributed by atoms with Crippen molar-refractivity contribution in [3.63, 3.8) is 0 Å². The molecular formula is C59H74N6O8S. The number of anilines is 1. The number of azide groups is 1. The van der Waals surface area contributed by atoms with Crippen molar-refractivity contribution in [3.8, 4) is 11.5 Å². The number of hydrogen-bond acceptors (Lipinski definition) is 10. The SMILES string of the molecule is CCN(CC)c1ccc2cc(/C=C/c3ccc(S(=O)(=O)[O-])c[n+]3CCCCCC(=O)NCC3=C[C@H](c4c(OC)cc(C(C)(C)[C@H](CCCCCN=[N+]=[N-])c5ccccc5)cc4OC)[C@@H]4C[C@H]3C4(C)C)c(=O)oc2c1. The molecule has 1 saturated carbocycles. The van der Waals surface area contributed by atoms with Gasteiger partial charge in [-0.1, -0.05) is 87.6 Å². The Balaban J connectivity index is 1.00. The average molecular weight is 1030 g/mol. The summed E-state index contributed by atoms with van der Waals surface area (Å²) in [4.78, 5) is 31.2. The number of ether oxygens (including phenoxy) is 2. The largest absolute Gasteiger partial charge is 0.744 e. The Labute approximate surface area is 437 Å². The van der Waals surface area contributed by atoms with Gasteiger partial charge in [-0.2, -0.15) is 4.57 Å². The van der Waals surface area contributed by atoms with Crippen LogP contribution in [0.4, 0.5) is 5.69 Å². The van der Waals surface area contributed by atoms with Crippen LogP contribution >= 0.6 is 0 Å². The van der Waals surface area contributed by atoms with Gasteiger partial charge in [0.05, 0.1) is 19.8 Å². The number of unbranched alkanes of at least 4 members (excludes halogenated alkanes) is 4. The highest BCUT2D eigenvalue weighted by atomic mass is 32.2. The second-order valence-corrected chi connectivity index (χ2v) is 22.4. The second kappa shape index (κ2) is 24.3. The topological polar surface area (TPSA) is 191 Å². The van der Waals surface area contributed by atoms with E-state index in [1.54, 1.807) is 43.1 Å². The summed E-state index contributed by atoms with van der Waals surface area (Å²) < 4.78 is 56.0. The summed E-state index contributed by atoms with van der Waals surface area (Å²) in [7, 11) is -1.26. The van der Waals surface area contributed by atoms with Crippen LogP contribution in [0.15, 0.2) is 116 Å². The third-order valence-corrected chi connectivity index (χ3v) is 16.9. The Morgan fingerprint density at radius 2 is 1.69 bits per heavy atom. The number of hydrogen-bond donors (Lipinski definition) is 1. The molecular weight excluding hydrogens is 953 g/mol. The first kappa shape index (κ1) is 55.3. The Hall–Kier alpha value is -6.41. The quantitative estimate of drug-likeness (QED) is 0.00820. The van der Waals surface area contributed by atoms with Crippen molar-refractivity contribution in [2.24, 2.45) is 22.4 Å². The molecule has 3 aliphatic rings. The first-order valence-electron chi connectivity index (χ1n) is 26.2. The molecule has 2 heterocycles. The van der Waals surface area contributed by atoms with Gasteiger partial charge in [0.15, 0.2) is 6.20 Å². The summed E-state index contributed by atoms with van der Waals surface area (Å²) in [6.45, 7) is 16.4. The van der Waals surface area contributed by atoms with Crippen molar-refractivity contribution in [1.82, 2.24) is 5.32 Å². The van der Waals surface area contributed by atoms with E-state index >= 15 is 0 Å². The third-order valence-electron chi connectivity index (χ3n) is 16.0. The third kappa shape index (κ3) is 12.6. The number of pyridine rings is 1. The highest BCUT2D eigenvalue weighted by Crippen LogP contribution is 2.65. The van der Waals surface area contributed by atoms with E-state index in [4.69, 9.17) is 19.4 Å². The Morgan fingerprint density at radius 3 is 2.35 bits per heavy atom. The molecule has 0 spiro atoms. The molecule has 0 saturated heterocycles. The number of rotatable bonds is 26. The van der Waals surface area contributed by atoms with Crippen LogP contribution in [0, 0.1) is 17.3 Å². The maximum atomic E-state index is 13.4. The lowest BCUT2D eigenvalue weighted by Crippen LogP contribution is -2.52. The van der Waals surface area contributed by atoms with Crippen molar-refractivity contribution >= 4 is 44.8 Å². The van der Waals surface area contributed by atoms with E-state index in [1.807, 2.05) is 18.2 Å². The molecule has 2 aromatic heterocycles. The maximum absolute atomic E-state index is 13.4. The van der Waals surface area contributed by atoms with E-state index < -0.39 is 15.7 Å². The standard InChI is InChI=1S/C59H74N6O8S/c1-9-64(10-2)46-27-24-41-32-42(57(67)73-52(41)36-46)25-26-45-28-29-47(74(68,69)70)39-65(45)31-19-13-17-23-55(66)61-38-43-33-48(51-37-50(43)59(51,5)6)56-53(71-7)34-44(35-54(56)72-8)58(3,4)49(40-20-14-11-15-21-40)22-16-12-18-30-62-63-60/h11,14-15,20-21,24-29,32-36,39,48-51H,9-10,12-13,16-19,22-23,30-31,37-38H2,1-8H3,(H-,61,66,68,69,70)/t48-,49+,50+,51-/m0/s1. The fourth-order valence-corrected chi connectivity index (χ4v) is 12.1. The zero-order valence-corrected chi connectivity index (χ0v) is 45.3. The number of aryl methyl sites for hydroxylation is 1. The van der Waals surface area contributed by atoms with E-state index in [2.05, 4.69) is 110 Å². The predicted molar refractivity (Wildman–Crippen MR) is 291 cm³/mol. The minimum Gasteiger partial charge on any atom is -0.744 e. The normalized spacial score (nSPS) is 17.5. The average Bonchev–Trinajstić information content (AvgIpc) is 3.39. The van der Waals surface area contributed by atoms with E-state index in [-0.39, 0.29) is 33.5 Å². The number of allylic oxidation sites excluding steroid dienone is 1. The number of nitrogens with one attached hydrogen (secondary N) is 1. The van der Waals surface area contributed by atoms with Gasteiger partial charge in [0, 0.05) is 84.7 Å². The summed E-state index contributed by atoms with van der Waals surface area (Å²) in [6.07, 6.45) is 14.1. The summed E-state index contributed by atoms with van der Waals surface area (Å²) in [5.74, 6) is 2.49. The van der Waals surface area contributed by atoms with Crippen LogP contribution in [0.1, 0.15) is 139 Å². The lowest BCUT2D eigenvalue weighted by atomic mass is 9.45. The number of methoxy groups -OCH3 is 2. The zero-order chi connectivity index (χ0) is 53.2. The fraction of sp³-hybridized carbons (Fsp3) is 0.475. The zero-order valence-electron chi connectivity index (χ0n) is 44.4. The van der Waals surface area contributed by atoms with Crippen LogP contribution in [0.5, 0.6) is 11.5 Å². The molecule has 0 unspecified atom stereocenters. The number of nitrogens with zero attached hydrogens (tertiary/aromatic N) is 5. The van der Waals surface area contributed by atoms with Crippen LogP contribution in [0.25, 0.3) is 33.6 Å². The molecule has 1 amide bonds. The molecule has 5 aromatic rings. The molecule has 8 rings (SSSR count). The highest BCUT2D eigenvalue weighted by Gasteiger charge is 2.56. The van der Waals surface area contributed by atoms with Crippen molar-refractivity contribution in [2.75, 3.05) is 45.3 Å². The van der Waals surface area contributed by atoms with Crippen LogP contribution in [-0.2, 0) is 26.9 Å². The van der Waals surface area contributed by atoms with Crippen molar-refractivity contribution < 1.29 is 36.2 Å². The van der Waals surface area contributed by atoms with Gasteiger partial charge in [-0.15, -0.1) is 0 Å². The first-order valence-corrected chi connectivity index (χ1v) is 27.7. The number of benzene rings is 3. The van der Waals surface area contributed by atoms with Crippen molar-refractivity contribution in [2.45, 2.75) is 128 Å². The van der Waals surface area contributed by atoms with Gasteiger partial charge in [0.2, 0.25) is 11.6 Å². The van der Waals surface area contributed by atoms with Gasteiger partial charge in [0.25, 0.3) is 0 Å². The Morgan fingerprint density at radius 1 is 0.973 bits per heavy atom. The minimum atomic E-state index is -4.72. The molecule has 3 aliphatic carbocycles. The molecule has 394 valence electrons. The maximum Gasteiger partial charge on any atom is 0.343 e. The van der Waals surface area contributed by atoms with E-state index in [0.29, 0.717) is 74.0 Å². The molecule has 15 heteroatoms. The number of fused-ring (bicyclic) bond motifs is 2. The smallest absolute Gasteiger partial charge is 0.343 e. The van der Waals surface area contributed by atoms with E-state index in [9.17, 15) is 22.6 Å². The highest BCUT2D eigenvalue weighted by molar-refractivity contribution is 7.85. The first-order chi connectivity index (χ1) is 35.4. The van der Waals surface area contributed by atoms with Crippen LogP contribution < -0.4 is 29.9 Å². The molecule has 3 aromatic carbocycles. The predicted octanol–water partition coefficient (Wildman–Crippen LogP) is 12.0. The van der Waals surface area contributed by atoms with E-state index in [0.717, 1.165) is 78.9 Å². The van der Waals surface area contributed by atoms with Crippen LogP contribution in [0.3, 0.4) is 0 Å². The molecule has 1 fully saturated rings. The summed E-state index contributed by atoms with van der Waals surface area (Å²) >= 11 is 0. The van der Waals surface area contributed by atoms with E-state index in [1.165, 1.54) is 23.4 Å². The summed E-state index contributed by atoms with van der Waals surface area (Å²) in [5.41, 5.74) is 15.0. The Kier molecular flexibility index (Phi) is 18.2. The molecule has 0 aliphatic heterocycles. The monoisotopic (exact) mass is 1030 g/mol. The van der Waals surface area contributed by atoms with Gasteiger partial charge in [0.1, 0.15) is 38.6 Å². The van der Waals surface area contributed by atoms with Crippen molar-refractivity contribution in [3.05, 3.63) is 146 Å². The number of carbonyl (C=O) groups excluding carboxylic acids is 1. The lowest BCUT2D eigenvalue weighted by Gasteiger charge is -2.59. The molecule has 2 bridgehead atoms. The number of aromatic nitrogens is 1. The van der Waals surface area contributed by atoms with Gasteiger partial charge in [-0.05, 0) is 134 Å². The molecule has 0 radical (unpaired) electrons. The molecule has 4 atom stereocenters. The second-order valence-electron chi connectivity index (χ2n) is 21.0. The van der Waals surface area contributed by atoms with Gasteiger partial charge >= 0.3 is 5.63 Å². The molecule has 1 N–H and O–H groups in total. The summed E-state index contributed by atoms with van der Waals surface area (Å²) in [6, 6.07) is 25.4. The van der Waals surface area contributed by atoms with Crippen LogP contribution in [-0.4, -0.2) is 59.3 Å². The van der Waals surface area contributed by atoms with Gasteiger partial charge in [-0.3, -0.25) is 4.79 Å². The number of amides is 1. The summed E-state index contributed by atoms with van der Waals surface area (Å²) in [5, 5.41) is 7.72. The molecule has 74 heavy (non-hydrogen) atoms. The van der Waals surface area contributed by atoms with Gasteiger partial charge < -0.3 is 28.7 Å². The fourth-order valence-electron chi connectivity index (χ4n) is 11.6. The lowest BCUT2D eigenvalue weighted by molar-refractivity contribution is -0.700. The van der Waals surface area contributed by atoms with Crippen LogP contribution in [0.2, 0.25) is 0 Å². The Bertz CT molecular complexity index is 3040.